The van der Waals surface area contributed by atoms with E-state index in [4.69, 9.17) is 9.05 Å². The maximum Gasteiger partial charge on any atom is 0.357 e. The number of nitrogens with one attached hydrogen (secondary N) is 1. The third-order valence-electron chi connectivity index (χ3n) is 3.76. The van der Waals surface area contributed by atoms with Gasteiger partial charge in [-0.3, -0.25) is 19.5 Å². The van der Waals surface area contributed by atoms with Crippen LogP contribution in [0.3, 0.4) is 0 Å². The number of nitro benzene ring substituents is 1. The number of rotatable bonds is 9. The van der Waals surface area contributed by atoms with E-state index in [0.717, 1.165) is 0 Å². The zero-order valence-corrected chi connectivity index (χ0v) is 17.7. The highest BCUT2D eigenvalue weighted by Gasteiger charge is 2.40. The van der Waals surface area contributed by atoms with Gasteiger partial charge in [-0.2, -0.15) is 0 Å². The minimum absolute atomic E-state index is 0.127. The Morgan fingerprint density at radius 3 is 1.93 bits per heavy atom. The van der Waals surface area contributed by atoms with E-state index < -0.39 is 36.4 Å². The lowest BCUT2D eigenvalue weighted by atomic mass is 10.2. The fraction of sp³-hybridized carbons (Fsp3) is 0.350. The lowest BCUT2D eigenvalue weighted by Gasteiger charge is -2.30. The molecule has 2 aromatic rings. The lowest BCUT2D eigenvalue weighted by Crippen LogP contribution is -2.31. The van der Waals surface area contributed by atoms with Crippen LogP contribution in [0.15, 0.2) is 54.6 Å². The number of benzene rings is 2. The minimum atomic E-state index is -3.80. The van der Waals surface area contributed by atoms with Crippen molar-refractivity contribution in [2.75, 3.05) is 0 Å². The lowest BCUT2D eigenvalue weighted by molar-refractivity contribution is -0.384. The molecule has 0 heterocycles. The van der Waals surface area contributed by atoms with Crippen LogP contribution < -0.4 is 5.32 Å². The molecule has 0 fully saturated rings. The van der Waals surface area contributed by atoms with E-state index in [-0.39, 0.29) is 11.3 Å². The van der Waals surface area contributed by atoms with E-state index >= 15 is 0 Å². The second-order valence-corrected chi connectivity index (χ2v) is 8.96. The largest absolute Gasteiger partial charge is 0.357 e. The summed E-state index contributed by atoms with van der Waals surface area (Å²) in [5.41, 5.74) is 0.627. The first kappa shape index (κ1) is 22.7. The van der Waals surface area contributed by atoms with Gasteiger partial charge in [0.15, 0.2) is 5.78 Å². The number of nitro groups is 1. The van der Waals surface area contributed by atoms with Crippen LogP contribution in [-0.2, 0) is 13.6 Å². The van der Waals surface area contributed by atoms with Gasteiger partial charge in [-0.15, -0.1) is 0 Å². The monoisotopic (exact) mass is 420 g/mol. The smallest absolute Gasteiger partial charge is 0.334 e. The second-order valence-electron chi connectivity index (χ2n) is 6.94. The summed E-state index contributed by atoms with van der Waals surface area (Å²) in [7, 11) is -3.80. The number of non-ortho nitro benzene ring substituents is 1. The molecule has 1 atom stereocenters. The molecule has 0 spiro atoms. The maximum atomic E-state index is 13.7. The van der Waals surface area contributed by atoms with Gasteiger partial charge in [0.1, 0.15) is 0 Å². The summed E-state index contributed by atoms with van der Waals surface area (Å²) in [6, 6.07) is 13.9. The number of hydrogen-bond acceptors (Lipinski definition) is 6. The van der Waals surface area contributed by atoms with E-state index in [0.29, 0.717) is 5.56 Å². The Bertz CT molecular complexity index is 870. The first-order valence-corrected chi connectivity index (χ1v) is 10.8. The van der Waals surface area contributed by atoms with Gasteiger partial charge in [-0.05, 0) is 45.4 Å². The van der Waals surface area contributed by atoms with Crippen LogP contribution in [0.4, 0.5) is 5.69 Å². The predicted molar refractivity (Wildman–Crippen MR) is 110 cm³/mol. The molecule has 0 aliphatic carbocycles. The maximum absolute atomic E-state index is 13.7. The van der Waals surface area contributed by atoms with Crippen LogP contribution in [0.25, 0.3) is 0 Å². The SMILES string of the molecule is CC(C)OP(=O)(OC(C)C)C(NC(=O)c1ccc([N+](=O)[O-])cc1)c1ccccc1. The van der Waals surface area contributed by atoms with Gasteiger partial charge >= 0.3 is 7.60 Å². The van der Waals surface area contributed by atoms with Crippen LogP contribution in [-0.4, -0.2) is 23.0 Å². The average Bonchev–Trinajstić information content (AvgIpc) is 2.65. The van der Waals surface area contributed by atoms with Gasteiger partial charge in [0.2, 0.25) is 0 Å². The Hall–Kier alpha value is -2.54. The molecule has 2 aromatic carbocycles. The van der Waals surface area contributed by atoms with Gasteiger partial charge in [-0.25, -0.2) is 0 Å². The summed E-state index contributed by atoms with van der Waals surface area (Å²) < 4.78 is 25.1. The Morgan fingerprint density at radius 2 is 1.48 bits per heavy atom. The van der Waals surface area contributed by atoms with E-state index in [1.54, 1.807) is 58.0 Å². The Balaban J connectivity index is 2.41. The fourth-order valence-corrected chi connectivity index (χ4v) is 4.94. The standard InChI is InChI=1S/C20H25N2O6P/c1-14(2)27-29(26,28-15(3)4)20(17-8-6-5-7-9-17)21-19(23)16-10-12-18(13-11-16)22(24)25/h5-15,20H,1-4H3,(H,21,23). The molecule has 0 saturated carbocycles. The number of nitrogens with zero attached hydrogens (tertiary/aromatic N) is 1. The van der Waals surface area contributed by atoms with Crippen LogP contribution in [0.1, 0.15) is 49.4 Å². The molecule has 9 heteroatoms. The van der Waals surface area contributed by atoms with E-state index in [1.165, 1.54) is 24.3 Å². The molecular weight excluding hydrogens is 395 g/mol. The number of amides is 1. The van der Waals surface area contributed by atoms with Crippen molar-refractivity contribution in [2.24, 2.45) is 0 Å². The minimum Gasteiger partial charge on any atom is -0.334 e. The van der Waals surface area contributed by atoms with Crippen molar-refractivity contribution in [1.29, 1.82) is 0 Å². The van der Waals surface area contributed by atoms with Gasteiger partial charge in [0.25, 0.3) is 11.6 Å². The Morgan fingerprint density at radius 1 is 0.966 bits per heavy atom. The fourth-order valence-electron chi connectivity index (χ4n) is 2.66. The third-order valence-corrected chi connectivity index (χ3v) is 6.25. The zero-order chi connectivity index (χ0) is 21.6. The average molecular weight is 420 g/mol. The molecule has 29 heavy (non-hydrogen) atoms. The highest BCUT2D eigenvalue weighted by atomic mass is 31.2. The van der Waals surface area contributed by atoms with Gasteiger partial charge in [-0.1, -0.05) is 30.3 Å². The van der Waals surface area contributed by atoms with Crippen LogP contribution >= 0.6 is 7.60 Å². The summed E-state index contributed by atoms with van der Waals surface area (Å²) in [5, 5.41) is 13.5. The summed E-state index contributed by atoms with van der Waals surface area (Å²) in [6.07, 6.45) is -0.802. The molecule has 0 aromatic heterocycles. The number of carbonyl (C=O) groups is 1. The van der Waals surface area contributed by atoms with Crippen molar-refractivity contribution in [3.63, 3.8) is 0 Å². The molecule has 1 unspecified atom stereocenters. The number of hydrogen-bond donors (Lipinski definition) is 1. The summed E-state index contributed by atoms with van der Waals surface area (Å²) in [6.45, 7) is 6.93. The first-order valence-electron chi connectivity index (χ1n) is 9.19. The summed E-state index contributed by atoms with van der Waals surface area (Å²) in [5.74, 6) is -1.59. The molecule has 0 aliphatic rings. The molecule has 0 aliphatic heterocycles. The zero-order valence-electron chi connectivity index (χ0n) is 16.8. The quantitative estimate of drug-likeness (QED) is 0.345. The number of carbonyl (C=O) groups excluding carboxylic acids is 1. The van der Waals surface area contributed by atoms with Crippen molar-refractivity contribution >= 4 is 19.2 Å². The first-order chi connectivity index (χ1) is 13.6. The van der Waals surface area contributed by atoms with Crippen molar-refractivity contribution in [2.45, 2.75) is 45.7 Å². The Labute approximate surface area is 169 Å². The van der Waals surface area contributed by atoms with E-state index in [1.807, 2.05) is 0 Å². The van der Waals surface area contributed by atoms with Crippen molar-refractivity contribution < 1.29 is 23.3 Å². The third kappa shape index (κ3) is 6.22. The van der Waals surface area contributed by atoms with Crippen molar-refractivity contribution in [3.05, 3.63) is 75.8 Å². The van der Waals surface area contributed by atoms with Crippen LogP contribution in [0.5, 0.6) is 0 Å². The molecule has 2 rings (SSSR count). The van der Waals surface area contributed by atoms with Crippen molar-refractivity contribution in [1.82, 2.24) is 5.32 Å². The topological polar surface area (TPSA) is 108 Å². The second kappa shape index (κ2) is 9.78. The normalized spacial score (nSPS) is 12.8. The van der Waals surface area contributed by atoms with Crippen molar-refractivity contribution in [3.8, 4) is 0 Å². The van der Waals surface area contributed by atoms with Gasteiger partial charge in [0.05, 0.1) is 17.1 Å². The molecule has 156 valence electrons. The molecule has 0 saturated heterocycles. The van der Waals surface area contributed by atoms with Gasteiger partial charge in [0, 0.05) is 17.7 Å². The van der Waals surface area contributed by atoms with Crippen LogP contribution in [0.2, 0.25) is 0 Å². The van der Waals surface area contributed by atoms with E-state index in [2.05, 4.69) is 5.32 Å². The highest BCUT2D eigenvalue weighted by Crippen LogP contribution is 2.61. The molecular formula is C20H25N2O6P. The summed E-state index contributed by atoms with van der Waals surface area (Å²) >= 11 is 0. The van der Waals surface area contributed by atoms with Gasteiger partial charge < -0.3 is 14.4 Å². The molecule has 0 radical (unpaired) electrons. The molecule has 1 N–H and O–H groups in total. The summed E-state index contributed by atoms with van der Waals surface area (Å²) in [4.78, 5) is 23.1. The highest BCUT2D eigenvalue weighted by molar-refractivity contribution is 7.54. The van der Waals surface area contributed by atoms with E-state index in [9.17, 15) is 19.5 Å². The molecule has 8 nitrogen and oxygen atoms in total. The van der Waals surface area contributed by atoms with Crippen LogP contribution in [0, 0.1) is 10.1 Å². The Kier molecular flexibility index (Phi) is 7.67. The molecule has 0 bridgehead atoms. The predicted octanol–water partition coefficient (Wildman–Crippen LogP) is 5.07. The molecule has 1 amide bonds.